The summed E-state index contributed by atoms with van der Waals surface area (Å²) < 4.78 is 1.75. The zero-order chi connectivity index (χ0) is 12.4. The van der Waals surface area contributed by atoms with Gasteiger partial charge in [0.1, 0.15) is 12.2 Å². The Balaban J connectivity index is 2.20. The molecule has 0 radical (unpaired) electrons. The molecule has 2 heterocycles. The van der Waals surface area contributed by atoms with Crippen LogP contribution in [0.25, 0.3) is 0 Å². The van der Waals surface area contributed by atoms with Crippen LogP contribution in [0.2, 0.25) is 0 Å². The van der Waals surface area contributed by atoms with E-state index in [1.807, 2.05) is 33.0 Å². The number of aryl methyl sites for hydroxylation is 3. The first-order chi connectivity index (χ1) is 8.06. The minimum Gasteiger partial charge on any atom is -0.324 e. The van der Waals surface area contributed by atoms with Crippen molar-refractivity contribution in [1.29, 1.82) is 0 Å². The molecule has 5 heteroatoms. The highest BCUT2D eigenvalue weighted by Gasteiger charge is 2.11. The van der Waals surface area contributed by atoms with Crippen LogP contribution in [0, 0.1) is 13.8 Å². The van der Waals surface area contributed by atoms with Crippen molar-refractivity contribution in [3.63, 3.8) is 0 Å². The molecule has 0 saturated carbocycles. The first-order valence-electron chi connectivity index (χ1n) is 5.60. The normalized spacial score (nSPS) is 12.7. The number of rotatable bonds is 3. The lowest BCUT2D eigenvalue weighted by Crippen LogP contribution is -2.16. The van der Waals surface area contributed by atoms with E-state index in [9.17, 15) is 0 Å². The summed E-state index contributed by atoms with van der Waals surface area (Å²) in [7, 11) is 1.87. The van der Waals surface area contributed by atoms with E-state index in [1.165, 1.54) is 0 Å². The molecule has 0 bridgehead atoms. The first kappa shape index (κ1) is 11.7. The molecular formula is C12H17N5. The Bertz CT molecular complexity index is 497. The molecule has 90 valence electrons. The Morgan fingerprint density at radius 3 is 2.47 bits per heavy atom. The summed E-state index contributed by atoms with van der Waals surface area (Å²) in [6.45, 7) is 3.96. The maximum absolute atomic E-state index is 6.18. The van der Waals surface area contributed by atoms with Crippen molar-refractivity contribution in [3.8, 4) is 0 Å². The van der Waals surface area contributed by atoms with Crippen LogP contribution >= 0.6 is 0 Å². The second-order valence-electron chi connectivity index (χ2n) is 4.29. The van der Waals surface area contributed by atoms with Crippen LogP contribution in [0.15, 0.2) is 18.5 Å². The highest BCUT2D eigenvalue weighted by atomic mass is 15.3. The monoisotopic (exact) mass is 231 g/mol. The van der Waals surface area contributed by atoms with Crippen LogP contribution < -0.4 is 5.73 Å². The SMILES string of the molecule is Cc1cc(C(N)Cc2ncnn2C)cc(C)n1. The van der Waals surface area contributed by atoms with Gasteiger partial charge >= 0.3 is 0 Å². The van der Waals surface area contributed by atoms with E-state index in [2.05, 4.69) is 15.1 Å². The first-order valence-corrected chi connectivity index (χ1v) is 5.60. The highest BCUT2D eigenvalue weighted by molar-refractivity contribution is 5.24. The Labute approximate surface area is 101 Å². The number of nitrogens with two attached hydrogens (primary N) is 1. The zero-order valence-electron chi connectivity index (χ0n) is 10.4. The second kappa shape index (κ2) is 4.63. The Morgan fingerprint density at radius 2 is 1.94 bits per heavy atom. The second-order valence-corrected chi connectivity index (χ2v) is 4.29. The summed E-state index contributed by atoms with van der Waals surface area (Å²) in [5.74, 6) is 0.893. The number of hydrogen-bond acceptors (Lipinski definition) is 4. The standard InChI is InChI=1S/C12H17N5/c1-8-4-10(5-9(2)16-8)11(13)6-12-14-7-15-17(12)3/h4-5,7,11H,6,13H2,1-3H3. The van der Waals surface area contributed by atoms with Gasteiger partial charge in [0.25, 0.3) is 0 Å². The molecule has 5 nitrogen and oxygen atoms in total. The largest absolute Gasteiger partial charge is 0.324 e. The van der Waals surface area contributed by atoms with Crippen LogP contribution in [0.3, 0.4) is 0 Å². The van der Waals surface area contributed by atoms with Gasteiger partial charge in [-0.15, -0.1) is 0 Å². The fraction of sp³-hybridized carbons (Fsp3) is 0.417. The van der Waals surface area contributed by atoms with Gasteiger partial charge in [-0.1, -0.05) is 0 Å². The van der Waals surface area contributed by atoms with Crippen molar-refractivity contribution in [2.24, 2.45) is 12.8 Å². The molecule has 0 aromatic carbocycles. The molecule has 2 rings (SSSR count). The molecule has 0 spiro atoms. The molecule has 0 amide bonds. The molecule has 0 saturated heterocycles. The number of nitrogens with zero attached hydrogens (tertiary/aromatic N) is 4. The highest BCUT2D eigenvalue weighted by Crippen LogP contribution is 2.16. The molecular weight excluding hydrogens is 214 g/mol. The van der Waals surface area contributed by atoms with Gasteiger partial charge in [-0.2, -0.15) is 5.10 Å². The van der Waals surface area contributed by atoms with E-state index >= 15 is 0 Å². The average molecular weight is 231 g/mol. The summed E-state index contributed by atoms with van der Waals surface area (Å²) in [5, 5.41) is 4.04. The van der Waals surface area contributed by atoms with Gasteiger partial charge in [0.05, 0.1) is 0 Å². The van der Waals surface area contributed by atoms with Gasteiger partial charge in [-0.05, 0) is 31.5 Å². The lowest BCUT2D eigenvalue weighted by molar-refractivity contribution is 0.628. The lowest BCUT2D eigenvalue weighted by Gasteiger charge is -2.12. The molecule has 1 atom stereocenters. The van der Waals surface area contributed by atoms with Crippen LogP contribution in [0.5, 0.6) is 0 Å². The molecule has 0 aliphatic rings. The van der Waals surface area contributed by atoms with Gasteiger partial charge < -0.3 is 5.73 Å². The average Bonchev–Trinajstić information content (AvgIpc) is 2.63. The maximum atomic E-state index is 6.18. The summed E-state index contributed by atoms with van der Waals surface area (Å²) in [4.78, 5) is 8.52. The van der Waals surface area contributed by atoms with Gasteiger partial charge in [-0.3, -0.25) is 9.67 Å². The predicted molar refractivity (Wildman–Crippen MR) is 65.3 cm³/mol. The number of pyridine rings is 1. The molecule has 17 heavy (non-hydrogen) atoms. The van der Waals surface area contributed by atoms with Crippen molar-refractivity contribution >= 4 is 0 Å². The van der Waals surface area contributed by atoms with Gasteiger partial charge in [0.2, 0.25) is 0 Å². The molecule has 0 aliphatic heterocycles. The van der Waals surface area contributed by atoms with Crippen molar-refractivity contribution in [2.75, 3.05) is 0 Å². The number of aromatic nitrogens is 4. The van der Waals surface area contributed by atoms with E-state index in [0.29, 0.717) is 6.42 Å². The molecule has 1 unspecified atom stereocenters. The lowest BCUT2D eigenvalue weighted by atomic mass is 10.0. The fourth-order valence-electron chi connectivity index (χ4n) is 1.90. The van der Waals surface area contributed by atoms with E-state index in [1.54, 1.807) is 11.0 Å². The minimum absolute atomic E-state index is 0.0710. The van der Waals surface area contributed by atoms with Crippen molar-refractivity contribution in [2.45, 2.75) is 26.3 Å². The van der Waals surface area contributed by atoms with Crippen LogP contribution in [-0.4, -0.2) is 19.7 Å². The fourth-order valence-corrected chi connectivity index (χ4v) is 1.90. The van der Waals surface area contributed by atoms with Crippen LogP contribution in [0.4, 0.5) is 0 Å². The van der Waals surface area contributed by atoms with Crippen molar-refractivity contribution in [1.82, 2.24) is 19.7 Å². The zero-order valence-corrected chi connectivity index (χ0v) is 10.4. The Morgan fingerprint density at radius 1 is 1.29 bits per heavy atom. The van der Waals surface area contributed by atoms with E-state index in [0.717, 1.165) is 22.8 Å². The van der Waals surface area contributed by atoms with Gasteiger partial charge in [0, 0.05) is 30.9 Å². The predicted octanol–water partition coefficient (Wildman–Crippen LogP) is 1.07. The third-order valence-electron chi connectivity index (χ3n) is 2.74. The quantitative estimate of drug-likeness (QED) is 0.857. The van der Waals surface area contributed by atoms with E-state index in [-0.39, 0.29) is 6.04 Å². The molecule has 2 aromatic rings. The molecule has 2 aromatic heterocycles. The number of hydrogen-bond donors (Lipinski definition) is 1. The van der Waals surface area contributed by atoms with Crippen molar-refractivity contribution in [3.05, 3.63) is 41.2 Å². The van der Waals surface area contributed by atoms with Crippen LogP contribution in [-0.2, 0) is 13.5 Å². The van der Waals surface area contributed by atoms with Gasteiger partial charge in [-0.25, -0.2) is 4.98 Å². The summed E-state index contributed by atoms with van der Waals surface area (Å²) in [6, 6.07) is 3.97. The van der Waals surface area contributed by atoms with E-state index < -0.39 is 0 Å². The Kier molecular flexibility index (Phi) is 3.19. The third kappa shape index (κ3) is 2.68. The summed E-state index contributed by atoms with van der Waals surface area (Å²) >= 11 is 0. The minimum atomic E-state index is -0.0710. The molecule has 0 fully saturated rings. The molecule has 0 aliphatic carbocycles. The van der Waals surface area contributed by atoms with Gasteiger partial charge in [0.15, 0.2) is 0 Å². The summed E-state index contributed by atoms with van der Waals surface area (Å²) in [6.07, 6.45) is 2.23. The smallest absolute Gasteiger partial charge is 0.138 e. The topological polar surface area (TPSA) is 69.6 Å². The third-order valence-corrected chi connectivity index (χ3v) is 2.74. The molecule has 2 N–H and O–H groups in total. The Hall–Kier alpha value is -1.75. The van der Waals surface area contributed by atoms with E-state index in [4.69, 9.17) is 5.73 Å². The van der Waals surface area contributed by atoms with Crippen LogP contribution in [0.1, 0.15) is 28.8 Å². The maximum Gasteiger partial charge on any atom is 0.138 e. The van der Waals surface area contributed by atoms with Crippen molar-refractivity contribution < 1.29 is 0 Å². The summed E-state index contributed by atoms with van der Waals surface area (Å²) in [5.41, 5.74) is 9.27.